The fraction of sp³-hybridized carbons (Fsp3) is 0.382. The van der Waals surface area contributed by atoms with Crippen LogP contribution >= 0.6 is 0 Å². The zero-order chi connectivity index (χ0) is 55.1. The maximum Gasteiger partial charge on any atom is 0.408 e. The Balaban J connectivity index is 1.58. The van der Waals surface area contributed by atoms with Gasteiger partial charge in [0.1, 0.15) is 37.9 Å². The molecule has 0 aliphatic carbocycles. The lowest BCUT2D eigenvalue weighted by Crippen LogP contribution is -2.58. The Morgan fingerprint density at radius 2 is 1.09 bits per heavy atom. The number of ether oxygens (including phenoxy) is 3. The number of alkyl carbamates (subject to hydrolysis) is 2. The minimum Gasteiger partial charge on any atom is -0.461 e. The van der Waals surface area contributed by atoms with Crippen LogP contribution in [0.5, 0.6) is 0 Å². The highest BCUT2D eigenvalue weighted by atomic mass is 16.7. The second-order valence-electron chi connectivity index (χ2n) is 18.1. The highest BCUT2D eigenvalue weighted by Crippen LogP contribution is 2.18. The predicted molar refractivity (Wildman–Crippen MR) is 283 cm³/mol. The Hall–Kier alpha value is -8.62. The monoisotopic (exact) mass is 1050 g/mol. The average molecular weight is 1050 g/mol. The molecule has 0 heterocycles. The van der Waals surface area contributed by atoms with Gasteiger partial charge in [-0.3, -0.25) is 24.0 Å². The Labute approximate surface area is 442 Å². The van der Waals surface area contributed by atoms with Gasteiger partial charge < -0.3 is 46.5 Å². The van der Waals surface area contributed by atoms with Crippen LogP contribution in [0, 0.1) is 22.0 Å². The Morgan fingerprint density at radius 1 is 0.618 bits per heavy atom. The van der Waals surface area contributed by atoms with E-state index in [0.717, 1.165) is 11.1 Å². The number of nitro groups is 1. The highest BCUT2D eigenvalue weighted by Gasteiger charge is 2.34. The van der Waals surface area contributed by atoms with Crippen LogP contribution in [0.25, 0.3) is 0 Å². The minimum absolute atomic E-state index is 0.0374. The molecule has 0 aromatic heterocycles. The number of hydrogen-bond donors (Lipinski definition) is 7. The number of guanidine groups is 1. The van der Waals surface area contributed by atoms with Crippen molar-refractivity contribution >= 4 is 47.6 Å². The summed E-state index contributed by atoms with van der Waals surface area (Å²) >= 11 is 0. The van der Waals surface area contributed by atoms with Crippen molar-refractivity contribution < 1.29 is 52.8 Å². The third-order valence-electron chi connectivity index (χ3n) is 11.7. The summed E-state index contributed by atoms with van der Waals surface area (Å²) in [5, 5.41) is 23.2. The van der Waals surface area contributed by atoms with E-state index in [-0.39, 0.29) is 83.1 Å². The number of hydrogen-bond acceptors (Lipinski definition) is 13. The van der Waals surface area contributed by atoms with Gasteiger partial charge in [0.15, 0.2) is 10.8 Å². The summed E-state index contributed by atoms with van der Waals surface area (Å²) in [5.41, 5.74) is 10.4. The van der Waals surface area contributed by atoms with Crippen LogP contribution in [-0.2, 0) is 64.4 Å². The van der Waals surface area contributed by atoms with E-state index in [1.807, 2.05) is 48.5 Å². The molecule has 4 rings (SSSR count). The van der Waals surface area contributed by atoms with E-state index >= 15 is 0 Å². The molecule has 21 nitrogen and oxygen atoms in total. The molecular weight excluding hydrogens is 979 g/mol. The summed E-state index contributed by atoms with van der Waals surface area (Å²) in [6.45, 7) is 7.19. The standard InChI is InChI=1S/C55H69N9O12/c1-4-39(32-40-20-9-5-10-21-40)33-47(65)49(38(2)3)62-52(69)46(34-48(66)74-35-41-22-11-6-12-23-41)60-50(67)44(28-17-18-30-58-54(70)75-36-42-24-13-7-14-25-42)59-51(68)45(29-19-31-57-53(56)63-64(72)73)61-55(71)76-37-43-26-15-8-16-27-43/h4-16,20-27,38-39,44-46,49H,1,17-19,28-37H2,2-3H3,(H,58,70)(H,59,68)(H,60,67)(H,61,71)(H,62,69)(H3,56,57,63)/t39?,44-,45-,46-,49?/m0/s1. The van der Waals surface area contributed by atoms with Crippen LogP contribution in [0.2, 0.25) is 0 Å². The third-order valence-corrected chi connectivity index (χ3v) is 11.7. The van der Waals surface area contributed by atoms with Gasteiger partial charge in [-0.05, 0) is 72.6 Å². The predicted octanol–water partition coefficient (Wildman–Crippen LogP) is 5.50. The first-order valence-electron chi connectivity index (χ1n) is 25.0. The molecule has 4 aromatic rings. The van der Waals surface area contributed by atoms with E-state index in [1.165, 1.54) is 0 Å². The van der Waals surface area contributed by atoms with Gasteiger partial charge in [-0.15, -0.1) is 6.58 Å². The number of carbonyl (C=O) groups excluding carboxylic acids is 7. The van der Waals surface area contributed by atoms with Crippen LogP contribution in [0.4, 0.5) is 9.59 Å². The van der Waals surface area contributed by atoms with Gasteiger partial charge in [0.25, 0.3) is 5.96 Å². The lowest BCUT2D eigenvalue weighted by atomic mass is 9.89. The van der Waals surface area contributed by atoms with Crippen molar-refractivity contribution in [2.45, 2.75) is 109 Å². The first kappa shape index (κ1) is 59.9. The number of hydrazine groups is 1. The number of allylic oxidation sites excluding steroid dienone is 1. The van der Waals surface area contributed by atoms with E-state index in [1.54, 1.807) is 98.1 Å². The van der Waals surface area contributed by atoms with Gasteiger partial charge in [0.05, 0.1) is 12.5 Å². The number of nitrogens with one attached hydrogen (secondary N) is 6. The number of nitrogens with zero attached hydrogens (tertiary/aromatic N) is 2. The van der Waals surface area contributed by atoms with Crippen molar-refractivity contribution in [3.8, 4) is 0 Å². The number of amides is 5. The number of nitrogens with two attached hydrogens (primary N) is 1. The molecule has 5 atom stereocenters. The second kappa shape index (κ2) is 33.2. The Bertz CT molecular complexity index is 2520. The number of esters is 1. The molecule has 4 aromatic carbocycles. The van der Waals surface area contributed by atoms with Crippen molar-refractivity contribution in [3.05, 3.63) is 166 Å². The van der Waals surface area contributed by atoms with Crippen molar-refractivity contribution in [2.24, 2.45) is 22.6 Å². The van der Waals surface area contributed by atoms with Gasteiger partial charge in [-0.25, -0.2) is 24.7 Å². The van der Waals surface area contributed by atoms with Gasteiger partial charge in [-0.2, -0.15) is 0 Å². The first-order valence-corrected chi connectivity index (χ1v) is 25.0. The number of benzene rings is 4. The van der Waals surface area contributed by atoms with Crippen LogP contribution in [0.15, 0.2) is 139 Å². The van der Waals surface area contributed by atoms with Crippen LogP contribution in [0.3, 0.4) is 0 Å². The van der Waals surface area contributed by atoms with Crippen LogP contribution in [0.1, 0.15) is 81.0 Å². The zero-order valence-corrected chi connectivity index (χ0v) is 42.9. The SMILES string of the molecule is C=CC(CC(=O)C(NC(=O)[C@H](CC(=O)OCc1ccccc1)NC(=O)[C@H](CCCCNC(=O)OCc1ccccc1)NC(=O)[C@H](CCCN=C(N)N[N+](=O)[O-])NC(=O)OCc1ccccc1)C(C)C)Cc1ccccc1. The quantitative estimate of drug-likeness (QED) is 0.00465. The Morgan fingerprint density at radius 3 is 1.62 bits per heavy atom. The summed E-state index contributed by atoms with van der Waals surface area (Å²) in [7, 11) is 0. The maximum absolute atomic E-state index is 14.6. The van der Waals surface area contributed by atoms with E-state index in [9.17, 15) is 43.7 Å². The molecule has 5 amide bonds. The fourth-order valence-electron chi connectivity index (χ4n) is 7.64. The van der Waals surface area contributed by atoms with E-state index in [0.29, 0.717) is 17.5 Å². The smallest absolute Gasteiger partial charge is 0.408 e. The van der Waals surface area contributed by atoms with Gasteiger partial charge >= 0.3 is 18.2 Å². The topological polar surface area (TPSA) is 301 Å². The number of Topliss-reactive ketones (excluding diaryl/α,β-unsaturated/α-hetero) is 1. The molecule has 0 saturated carbocycles. The molecular formula is C55H69N9O12. The number of unbranched alkanes of at least 4 members (excludes halogenated alkanes) is 1. The lowest BCUT2D eigenvalue weighted by Gasteiger charge is -2.28. The summed E-state index contributed by atoms with van der Waals surface area (Å²) in [6, 6.07) is 30.7. The molecule has 76 heavy (non-hydrogen) atoms. The van der Waals surface area contributed by atoms with Crippen molar-refractivity contribution in [1.82, 2.24) is 32.0 Å². The summed E-state index contributed by atoms with van der Waals surface area (Å²) in [4.78, 5) is 111. The van der Waals surface area contributed by atoms with E-state index in [2.05, 4.69) is 38.2 Å². The molecule has 21 heteroatoms. The Kier molecular flexibility index (Phi) is 26.2. The molecule has 0 fully saturated rings. The van der Waals surface area contributed by atoms with E-state index < -0.39 is 83.4 Å². The van der Waals surface area contributed by atoms with E-state index in [4.69, 9.17) is 19.9 Å². The number of carbonyl (C=O) groups is 7. The molecule has 2 unspecified atom stereocenters. The zero-order valence-electron chi connectivity index (χ0n) is 42.9. The fourth-order valence-corrected chi connectivity index (χ4v) is 7.64. The van der Waals surface area contributed by atoms with Crippen LogP contribution in [-0.4, -0.2) is 89.9 Å². The first-order chi connectivity index (χ1) is 36.6. The van der Waals surface area contributed by atoms with Gasteiger partial charge in [0, 0.05) is 19.5 Å². The van der Waals surface area contributed by atoms with Crippen molar-refractivity contribution in [1.29, 1.82) is 0 Å². The lowest BCUT2D eigenvalue weighted by molar-refractivity contribution is -0.525. The van der Waals surface area contributed by atoms with Crippen molar-refractivity contribution in [2.75, 3.05) is 13.1 Å². The van der Waals surface area contributed by atoms with Crippen molar-refractivity contribution in [3.63, 3.8) is 0 Å². The molecule has 0 radical (unpaired) electrons. The molecule has 0 saturated heterocycles. The molecule has 0 aliphatic rings. The highest BCUT2D eigenvalue weighted by molar-refractivity contribution is 5.97. The summed E-state index contributed by atoms with van der Waals surface area (Å²) < 4.78 is 16.2. The molecule has 8 N–H and O–H groups in total. The average Bonchev–Trinajstić information content (AvgIpc) is 3.41. The summed E-state index contributed by atoms with van der Waals surface area (Å²) in [6.07, 6.45) is 0.272. The second-order valence-corrected chi connectivity index (χ2v) is 18.1. The largest absolute Gasteiger partial charge is 0.461 e. The number of rotatable bonds is 32. The number of aliphatic imine (C=N–C) groups is 1. The maximum atomic E-state index is 14.6. The molecule has 0 bridgehead atoms. The number of ketones is 1. The third kappa shape index (κ3) is 23.5. The van der Waals surface area contributed by atoms with Gasteiger partial charge in [0.2, 0.25) is 17.7 Å². The van der Waals surface area contributed by atoms with Gasteiger partial charge in [-0.1, -0.05) is 147 Å². The van der Waals surface area contributed by atoms with Crippen LogP contribution < -0.4 is 37.7 Å². The minimum atomic E-state index is -1.62. The normalized spacial score (nSPS) is 13.0. The molecule has 0 spiro atoms. The molecule has 406 valence electrons. The summed E-state index contributed by atoms with van der Waals surface area (Å²) in [5.74, 6) is -4.98. The molecule has 0 aliphatic heterocycles.